The average Bonchev–Trinajstić information content (AvgIpc) is 3.10. The third kappa shape index (κ3) is 4.48. The number of nitrogens with zero attached hydrogens (tertiary/aromatic N) is 2. The Morgan fingerprint density at radius 1 is 1.27 bits per heavy atom. The third-order valence-electron chi connectivity index (χ3n) is 3.97. The minimum atomic E-state index is -0.291. The van der Waals surface area contributed by atoms with Crippen LogP contribution >= 0.6 is 23.4 Å². The van der Waals surface area contributed by atoms with Crippen LogP contribution in [0.2, 0.25) is 5.02 Å². The molecule has 6 heteroatoms. The number of nitrogens with one attached hydrogen (secondary N) is 1. The Bertz CT molecular complexity index is 892. The topological polar surface area (TPSA) is 46.9 Å². The van der Waals surface area contributed by atoms with E-state index in [1.165, 1.54) is 17.3 Å². The fraction of sp³-hybridized carbons (Fsp3) is 0.200. The van der Waals surface area contributed by atoms with Crippen molar-refractivity contribution in [2.75, 3.05) is 5.32 Å². The minimum absolute atomic E-state index is 0.0557. The first kappa shape index (κ1) is 18.5. The maximum Gasteiger partial charge on any atom is 0.237 e. The molecule has 1 heterocycles. The van der Waals surface area contributed by atoms with E-state index < -0.39 is 0 Å². The quantitative estimate of drug-likeness (QED) is 0.592. The lowest BCUT2D eigenvalue weighted by Crippen LogP contribution is -2.22. The molecule has 1 unspecified atom stereocenters. The van der Waals surface area contributed by atoms with Crippen molar-refractivity contribution in [2.45, 2.75) is 30.7 Å². The number of aromatic nitrogens is 2. The Balaban J connectivity index is 1.69. The van der Waals surface area contributed by atoms with Crippen molar-refractivity contribution < 1.29 is 4.79 Å². The lowest BCUT2D eigenvalue weighted by molar-refractivity contribution is -0.115. The van der Waals surface area contributed by atoms with Gasteiger partial charge in [-0.3, -0.25) is 9.36 Å². The Kier molecular flexibility index (Phi) is 6.01. The first-order chi connectivity index (χ1) is 12.6. The zero-order chi connectivity index (χ0) is 18.5. The lowest BCUT2D eigenvalue weighted by atomic mass is 10.1. The molecule has 3 rings (SSSR count). The van der Waals surface area contributed by atoms with Crippen molar-refractivity contribution in [3.63, 3.8) is 0 Å². The van der Waals surface area contributed by atoms with E-state index in [9.17, 15) is 4.79 Å². The zero-order valence-electron chi connectivity index (χ0n) is 14.6. The summed E-state index contributed by atoms with van der Waals surface area (Å²) in [4.78, 5) is 16.9. The van der Waals surface area contributed by atoms with Gasteiger partial charge in [0.2, 0.25) is 5.91 Å². The number of aryl methyl sites for hydroxylation is 1. The highest BCUT2D eigenvalue weighted by Gasteiger charge is 2.18. The van der Waals surface area contributed by atoms with Gasteiger partial charge in [0.1, 0.15) is 0 Å². The summed E-state index contributed by atoms with van der Waals surface area (Å²) in [5.74, 6) is -0.0557. The number of thioether (sulfide) groups is 1. The molecule has 0 aliphatic rings. The average molecular weight is 386 g/mol. The van der Waals surface area contributed by atoms with Gasteiger partial charge in [-0.15, -0.1) is 0 Å². The van der Waals surface area contributed by atoms with Crippen molar-refractivity contribution in [1.29, 1.82) is 0 Å². The summed E-state index contributed by atoms with van der Waals surface area (Å²) in [6.45, 7) is 3.98. The van der Waals surface area contributed by atoms with Gasteiger partial charge < -0.3 is 5.32 Å². The molecule has 1 amide bonds. The number of amides is 1. The van der Waals surface area contributed by atoms with Gasteiger partial charge >= 0.3 is 0 Å². The molecule has 2 aromatic carbocycles. The highest BCUT2D eigenvalue weighted by Crippen LogP contribution is 2.26. The molecule has 0 radical (unpaired) electrons. The highest BCUT2D eigenvalue weighted by molar-refractivity contribution is 8.00. The van der Waals surface area contributed by atoms with Gasteiger partial charge in [0.05, 0.1) is 5.25 Å². The molecule has 3 aromatic rings. The molecule has 1 atom stereocenters. The van der Waals surface area contributed by atoms with Crippen molar-refractivity contribution in [1.82, 2.24) is 9.55 Å². The van der Waals surface area contributed by atoms with Crippen LogP contribution < -0.4 is 5.32 Å². The zero-order valence-corrected chi connectivity index (χ0v) is 16.2. The van der Waals surface area contributed by atoms with Crippen LogP contribution in [-0.2, 0) is 11.2 Å². The highest BCUT2D eigenvalue weighted by atomic mass is 35.5. The maximum absolute atomic E-state index is 12.5. The molecular formula is C20H20ClN3OS. The van der Waals surface area contributed by atoms with Gasteiger partial charge in [-0.25, -0.2) is 4.98 Å². The number of anilines is 1. The Morgan fingerprint density at radius 2 is 2.04 bits per heavy atom. The van der Waals surface area contributed by atoms with Gasteiger partial charge in [0.25, 0.3) is 0 Å². The summed E-state index contributed by atoms with van der Waals surface area (Å²) in [7, 11) is 0. The van der Waals surface area contributed by atoms with Crippen LogP contribution in [0.5, 0.6) is 0 Å². The maximum atomic E-state index is 12.5. The molecule has 1 N–H and O–H groups in total. The fourth-order valence-corrected chi connectivity index (χ4v) is 3.55. The van der Waals surface area contributed by atoms with Crippen LogP contribution in [0.3, 0.4) is 0 Å². The van der Waals surface area contributed by atoms with E-state index in [1.54, 1.807) is 6.20 Å². The summed E-state index contributed by atoms with van der Waals surface area (Å²) < 4.78 is 1.93. The molecule has 0 bridgehead atoms. The number of carbonyl (C=O) groups is 1. The molecule has 26 heavy (non-hydrogen) atoms. The first-order valence-corrected chi connectivity index (χ1v) is 9.68. The van der Waals surface area contributed by atoms with Crippen LogP contribution in [0.1, 0.15) is 19.4 Å². The molecular weight excluding hydrogens is 366 g/mol. The molecule has 0 spiro atoms. The van der Waals surface area contributed by atoms with Gasteiger partial charge in [0.15, 0.2) is 5.16 Å². The van der Waals surface area contributed by atoms with E-state index in [-0.39, 0.29) is 11.2 Å². The third-order valence-corrected chi connectivity index (χ3v) is 5.29. The number of hydrogen-bond acceptors (Lipinski definition) is 3. The van der Waals surface area contributed by atoms with E-state index in [4.69, 9.17) is 11.6 Å². The second-order valence-electron chi connectivity index (χ2n) is 5.86. The lowest BCUT2D eigenvalue weighted by Gasteiger charge is -2.13. The first-order valence-electron chi connectivity index (χ1n) is 8.42. The molecule has 4 nitrogen and oxygen atoms in total. The Morgan fingerprint density at radius 3 is 2.73 bits per heavy atom. The summed E-state index contributed by atoms with van der Waals surface area (Å²) >= 11 is 7.49. The molecule has 0 fully saturated rings. The van der Waals surface area contributed by atoms with Crippen molar-refractivity contribution in [2.24, 2.45) is 0 Å². The van der Waals surface area contributed by atoms with E-state index in [0.29, 0.717) is 5.02 Å². The van der Waals surface area contributed by atoms with Gasteiger partial charge in [-0.05, 0) is 49.2 Å². The number of halogens is 1. The minimum Gasteiger partial charge on any atom is -0.325 e. The molecule has 1 aromatic heterocycles. The van der Waals surface area contributed by atoms with Crippen molar-refractivity contribution >= 4 is 35.0 Å². The van der Waals surface area contributed by atoms with Gasteiger partial charge in [-0.2, -0.15) is 0 Å². The van der Waals surface area contributed by atoms with Crippen LogP contribution in [0.15, 0.2) is 66.1 Å². The number of carbonyl (C=O) groups excluding carboxylic acids is 1. The van der Waals surface area contributed by atoms with E-state index in [0.717, 1.165) is 23.0 Å². The van der Waals surface area contributed by atoms with Crippen molar-refractivity contribution in [3.8, 4) is 5.69 Å². The van der Waals surface area contributed by atoms with E-state index in [1.807, 2.05) is 66.2 Å². The Hall–Kier alpha value is -2.24. The van der Waals surface area contributed by atoms with Gasteiger partial charge in [-0.1, -0.05) is 48.5 Å². The second-order valence-corrected chi connectivity index (χ2v) is 7.60. The summed E-state index contributed by atoms with van der Waals surface area (Å²) in [5, 5.41) is 4.07. The molecule has 134 valence electrons. The molecule has 0 saturated heterocycles. The van der Waals surface area contributed by atoms with Crippen LogP contribution in [0, 0.1) is 0 Å². The second kappa shape index (κ2) is 8.43. The number of benzene rings is 2. The SMILES string of the molecule is CCc1ccc(NC(=O)C(C)Sc2nccn2-c2cccc(Cl)c2)cc1. The Labute approximate surface area is 162 Å². The van der Waals surface area contributed by atoms with Crippen LogP contribution in [0.4, 0.5) is 5.69 Å². The molecule has 0 saturated carbocycles. The predicted molar refractivity (Wildman–Crippen MR) is 108 cm³/mol. The molecule has 0 aliphatic heterocycles. The van der Waals surface area contributed by atoms with Gasteiger partial charge in [0, 0.05) is 28.8 Å². The number of rotatable bonds is 6. The largest absolute Gasteiger partial charge is 0.325 e. The smallest absolute Gasteiger partial charge is 0.237 e. The monoisotopic (exact) mass is 385 g/mol. The predicted octanol–water partition coefficient (Wildman–Crippen LogP) is 5.21. The number of hydrogen-bond donors (Lipinski definition) is 1. The normalized spacial score (nSPS) is 12.0. The summed E-state index contributed by atoms with van der Waals surface area (Å²) in [6, 6.07) is 15.5. The fourth-order valence-electron chi connectivity index (χ4n) is 2.48. The van der Waals surface area contributed by atoms with Crippen LogP contribution in [0.25, 0.3) is 5.69 Å². The van der Waals surface area contributed by atoms with Crippen LogP contribution in [-0.4, -0.2) is 20.7 Å². The van der Waals surface area contributed by atoms with E-state index >= 15 is 0 Å². The molecule has 0 aliphatic carbocycles. The summed E-state index contributed by atoms with van der Waals surface area (Å²) in [6.07, 6.45) is 4.56. The standard InChI is InChI=1S/C20H20ClN3OS/c1-3-15-7-9-17(10-8-15)23-19(25)14(2)26-20-22-11-12-24(20)18-6-4-5-16(21)13-18/h4-14H,3H2,1-2H3,(H,23,25). The number of imidazole rings is 1. The van der Waals surface area contributed by atoms with Crippen molar-refractivity contribution in [3.05, 3.63) is 71.5 Å². The van der Waals surface area contributed by atoms with E-state index in [2.05, 4.69) is 17.2 Å². The summed E-state index contributed by atoms with van der Waals surface area (Å²) in [5.41, 5.74) is 2.96.